The van der Waals surface area contributed by atoms with E-state index in [1.807, 2.05) is 0 Å². The smallest absolute Gasteiger partial charge is 0.245 e. The quantitative estimate of drug-likeness (QED) is 0.782. The molecule has 0 unspecified atom stereocenters. The molecule has 24 heavy (non-hydrogen) atoms. The van der Waals surface area contributed by atoms with Crippen LogP contribution in [-0.2, 0) is 19.6 Å². The zero-order valence-corrected chi connectivity index (χ0v) is 14.7. The molecule has 1 amide bonds. The van der Waals surface area contributed by atoms with Crippen LogP contribution in [0.25, 0.3) is 0 Å². The molecule has 1 aromatic rings. The standard InChI is InChI=1S/C16H23N3O4S/c1-17-13-16(20)19(8-4-7-18-9-11-23-12-10-18)14-5-2-3-6-15(14)24(17,21)22/h2-3,5-6H,4,7-13H2,1H3. The van der Waals surface area contributed by atoms with Crippen LogP contribution in [0.2, 0.25) is 0 Å². The number of benzene rings is 1. The van der Waals surface area contributed by atoms with E-state index in [1.54, 1.807) is 29.2 Å². The molecule has 3 rings (SSSR count). The van der Waals surface area contributed by atoms with Gasteiger partial charge in [-0.15, -0.1) is 0 Å². The molecule has 0 N–H and O–H groups in total. The molecule has 0 atom stereocenters. The molecule has 2 aliphatic heterocycles. The van der Waals surface area contributed by atoms with Gasteiger partial charge in [-0.2, -0.15) is 4.31 Å². The second-order valence-corrected chi connectivity index (χ2v) is 8.10. The van der Waals surface area contributed by atoms with Gasteiger partial charge in [-0.05, 0) is 18.6 Å². The van der Waals surface area contributed by atoms with Crippen molar-refractivity contribution in [1.82, 2.24) is 9.21 Å². The number of rotatable bonds is 4. The summed E-state index contributed by atoms with van der Waals surface area (Å²) in [6.45, 7) is 4.55. The summed E-state index contributed by atoms with van der Waals surface area (Å²) in [6, 6.07) is 6.72. The minimum Gasteiger partial charge on any atom is -0.379 e. The third kappa shape index (κ3) is 3.46. The Bertz CT molecular complexity index is 701. The van der Waals surface area contributed by atoms with Gasteiger partial charge in [0.1, 0.15) is 4.90 Å². The number of hydrogen-bond donors (Lipinski definition) is 0. The number of likely N-dealkylation sites (N-methyl/N-ethyl adjacent to an activating group) is 1. The van der Waals surface area contributed by atoms with Crippen LogP contribution in [0.15, 0.2) is 29.2 Å². The first kappa shape index (κ1) is 17.3. The van der Waals surface area contributed by atoms with Crippen LogP contribution in [0.5, 0.6) is 0 Å². The maximum absolute atomic E-state index is 12.6. The van der Waals surface area contributed by atoms with Crippen molar-refractivity contribution in [2.24, 2.45) is 0 Å². The first-order valence-corrected chi connectivity index (χ1v) is 9.60. The second kappa shape index (κ2) is 7.18. The maximum atomic E-state index is 12.6. The van der Waals surface area contributed by atoms with Gasteiger partial charge < -0.3 is 9.64 Å². The molecule has 1 saturated heterocycles. The molecule has 0 aromatic heterocycles. The predicted molar refractivity (Wildman–Crippen MR) is 90.5 cm³/mol. The maximum Gasteiger partial charge on any atom is 0.245 e. The summed E-state index contributed by atoms with van der Waals surface area (Å²) in [5, 5.41) is 0. The highest BCUT2D eigenvalue weighted by molar-refractivity contribution is 7.89. The van der Waals surface area contributed by atoms with Gasteiger partial charge in [0.15, 0.2) is 0 Å². The van der Waals surface area contributed by atoms with Crippen LogP contribution < -0.4 is 4.90 Å². The van der Waals surface area contributed by atoms with Crippen molar-refractivity contribution in [2.75, 3.05) is 57.9 Å². The Labute approximate surface area is 142 Å². The number of morpholine rings is 1. The Morgan fingerprint density at radius 1 is 1.12 bits per heavy atom. The second-order valence-electron chi connectivity index (χ2n) is 6.08. The largest absolute Gasteiger partial charge is 0.379 e. The van der Waals surface area contributed by atoms with Gasteiger partial charge in [-0.25, -0.2) is 8.42 Å². The van der Waals surface area contributed by atoms with E-state index in [0.29, 0.717) is 12.2 Å². The minimum absolute atomic E-state index is 0.130. The average molecular weight is 353 g/mol. The number of fused-ring (bicyclic) bond motifs is 1. The molecule has 0 saturated carbocycles. The monoisotopic (exact) mass is 353 g/mol. The fraction of sp³-hybridized carbons (Fsp3) is 0.562. The Morgan fingerprint density at radius 3 is 2.58 bits per heavy atom. The molecule has 1 aromatic carbocycles. The normalized spacial score (nSPS) is 22.2. The summed E-state index contributed by atoms with van der Waals surface area (Å²) in [5.41, 5.74) is 0.480. The summed E-state index contributed by atoms with van der Waals surface area (Å²) in [6.07, 6.45) is 0.795. The third-order valence-electron chi connectivity index (χ3n) is 4.46. The Kier molecular flexibility index (Phi) is 5.19. The number of carbonyl (C=O) groups excluding carboxylic acids is 1. The van der Waals surface area contributed by atoms with Gasteiger partial charge in [0.05, 0.1) is 25.4 Å². The van der Waals surface area contributed by atoms with Crippen LogP contribution in [0.4, 0.5) is 5.69 Å². The van der Waals surface area contributed by atoms with Crippen molar-refractivity contribution < 1.29 is 17.9 Å². The Hall–Kier alpha value is -1.48. The number of amides is 1. The molecular formula is C16H23N3O4S. The number of ether oxygens (including phenoxy) is 1. The molecule has 0 radical (unpaired) electrons. The van der Waals surface area contributed by atoms with Crippen molar-refractivity contribution >= 4 is 21.6 Å². The number of carbonyl (C=O) groups is 1. The van der Waals surface area contributed by atoms with Crippen molar-refractivity contribution in [1.29, 1.82) is 0 Å². The minimum atomic E-state index is -3.62. The van der Waals surface area contributed by atoms with E-state index in [1.165, 1.54) is 7.05 Å². The first-order chi connectivity index (χ1) is 11.5. The molecule has 1 fully saturated rings. The lowest BCUT2D eigenvalue weighted by molar-refractivity contribution is -0.118. The van der Waals surface area contributed by atoms with Gasteiger partial charge in [0.25, 0.3) is 0 Å². The molecule has 2 heterocycles. The lowest BCUT2D eigenvalue weighted by Crippen LogP contribution is -2.40. The summed E-state index contributed by atoms with van der Waals surface area (Å²) in [5.74, 6) is -0.187. The van der Waals surface area contributed by atoms with E-state index in [2.05, 4.69) is 4.90 Å². The van der Waals surface area contributed by atoms with Crippen LogP contribution in [0.1, 0.15) is 6.42 Å². The molecule has 7 nitrogen and oxygen atoms in total. The van der Waals surface area contributed by atoms with Gasteiger partial charge in [-0.1, -0.05) is 12.1 Å². The molecule has 2 aliphatic rings. The van der Waals surface area contributed by atoms with E-state index in [4.69, 9.17) is 4.74 Å². The molecular weight excluding hydrogens is 330 g/mol. The molecule has 0 bridgehead atoms. The highest BCUT2D eigenvalue weighted by Crippen LogP contribution is 2.30. The molecule has 8 heteroatoms. The van der Waals surface area contributed by atoms with E-state index in [0.717, 1.165) is 43.6 Å². The number of hydrogen-bond acceptors (Lipinski definition) is 5. The van der Waals surface area contributed by atoms with Crippen LogP contribution in [0.3, 0.4) is 0 Å². The summed E-state index contributed by atoms with van der Waals surface area (Å²) < 4.78 is 31.6. The van der Waals surface area contributed by atoms with E-state index in [9.17, 15) is 13.2 Å². The van der Waals surface area contributed by atoms with Crippen molar-refractivity contribution in [3.63, 3.8) is 0 Å². The van der Waals surface area contributed by atoms with E-state index < -0.39 is 10.0 Å². The van der Waals surface area contributed by atoms with Gasteiger partial charge in [0, 0.05) is 33.2 Å². The first-order valence-electron chi connectivity index (χ1n) is 8.16. The fourth-order valence-electron chi connectivity index (χ4n) is 3.08. The van der Waals surface area contributed by atoms with Crippen LogP contribution >= 0.6 is 0 Å². The number of sulfonamides is 1. The predicted octanol–water partition coefficient (Wildman–Crippen LogP) is 0.376. The SMILES string of the molecule is CN1CC(=O)N(CCCN2CCOCC2)c2ccccc2S1(=O)=O. The zero-order chi connectivity index (χ0) is 17.2. The summed E-state index contributed by atoms with van der Waals surface area (Å²) in [4.78, 5) is 16.7. The van der Waals surface area contributed by atoms with Crippen molar-refractivity contribution in [3.8, 4) is 0 Å². The van der Waals surface area contributed by atoms with Crippen LogP contribution in [-0.4, -0.2) is 76.5 Å². The average Bonchev–Trinajstić information content (AvgIpc) is 2.65. The highest BCUT2D eigenvalue weighted by atomic mass is 32.2. The van der Waals surface area contributed by atoms with Gasteiger partial charge in [-0.3, -0.25) is 9.69 Å². The molecule has 132 valence electrons. The summed E-state index contributed by atoms with van der Waals surface area (Å²) in [7, 11) is -2.18. The highest BCUT2D eigenvalue weighted by Gasteiger charge is 2.34. The lowest BCUT2D eigenvalue weighted by atomic mass is 10.2. The number of nitrogens with zero attached hydrogens (tertiary/aromatic N) is 3. The number of para-hydroxylation sites is 1. The topological polar surface area (TPSA) is 70.2 Å². The van der Waals surface area contributed by atoms with Crippen LogP contribution in [0, 0.1) is 0 Å². The lowest BCUT2D eigenvalue weighted by Gasteiger charge is -2.28. The van der Waals surface area contributed by atoms with Crippen molar-refractivity contribution in [3.05, 3.63) is 24.3 Å². The Morgan fingerprint density at radius 2 is 1.83 bits per heavy atom. The Balaban J connectivity index is 1.77. The van der Waals surface area contributed by atoms with Gasteiger partial charge in [0.2, 0.25) is 15.9 Å². The zero-order valence-electron chi connectivity index (χ0n) is 13.8. The molecule has 0 aliphatic carbocycles. The third-order valence-corrected chi connectivity index (χ3v) is 6.31. The summed E-state index contributed by atoms with van der Waals surface area (Å²) >= 11 is 0. The fourth-order valence-corrected chi connectivity index (χ4v) is 4.39. The van der Waals surface area contributed by atoms with E-state index in [-0.39, 0.29) is 17.3 Å². The van der Waals surface area contributed by atoms with Gasteiger partial charge >= 0.3 is 0 Å². The number of anilines is 1. The van der Waals surface area contributed by atoms with Crippen molar-refractivity contribution in [2.45, 2.75) is 11.3 Å². The molecule has 0 spiro atoms. The van der Waals surface area contributed by atoms with E-state index >= 15 is 0 Å².